The van der Waals surface area contributed by atoms with E-state index < -0.39 is 6.16 Å². The topological polar surface area (TPSA) is 80.4 Å². The van der Waals surface area contributed by atoms with Gasteiger partial charge in [-0.2, -0.15) is 15.0 Å². The molecule has 17 heavy (non-hydrogen) atoms. The third-order valence-electron chi connectivity index (χ3n) is 2.80. The zero-order valence-electron chi connectivity index (χ0n) is 9.24. The van der Waals surface area contributed by atoms with Crippen molar-refractivity contribution >= 4 is 29.8 Å². The molecule has 2 rings (SSSR count). The molecule has 1 heterocycles. The first-order valence-corrected chi connectivity index (χ1v) is 5.89. The molecule has 94 valence electrons. The van der Waals surface area contributed by atoms with E-state index in [0.717, 1.165) is 37.1 Å². The lowest BCUT2D eigenvalue weighted by molar-refractivity contribution is -0.178. The zero-order valence-corrected chi connectivity index (χ0v) is 10.1. The Morgan fingerprint density at radius 3 is 2.71 bits per heavy atom. The molecular formula is C9H14N4O3S. The fourth-order valence-corrected chi connectivity index (χ4v) is 2.30. The lowest BCUT2D eigenvalue weighted by atomic mass is 9.95. The average Bonchev–Trinajstić information content (AvgIpc) is 2.35. The molecule has 1 saturated carbocycles. The molecule has 1 aliphatic carbocycles. The number of hydroxylamine groups is 4. The van der Waals surface area contributed by atoms with Crippen LogP contribution < -0.4 is 5.84 Å². The minimum atomic E-state index is -0.830. The number of hydrazone groups is 1. The Hall–Kier alpha value is -1.57. The minimum absolute atomic E-state index is 0.109. The van der Waals surface area contributed by atoms with Gasteiger partial charge >= 0.3 is 6.16 Å². The van der Waals surface area contributed by atoms with Crippen molar-refractivity contribution in [2.75, 3.05) is 0 Å². The van der Waals surface area contributed by atoms with Crippen molar-refractivity contribution in [1.29, 1.82) is 0 Å². The van der Waals surface area contributed by atoms with Gasteiger partial charge in [0, 0.05) is 0 Å². The van der Waals surface area contributed by atoms with Crippen LogP contribution in [0.2, 0.25) is 0 Å². The number of thiocarbonyl (C=S) groups is 1. The second-order valence-corrected chi connectivity index (χ2v) is 4.29. The van der Waals surface area contributed by atoms with Crippen LogP contribution >= 0.6 is 12.2 Å². The number of hydrogen-bond acceptors (Lipinski definition) is 6. The molecule has 7 nitrogen and oxygen atoms in total. The summed E-state index contributed by atoms with van der Waals surface area (Å²) in [5, 5.41) is 5.98. The van der Waals surface area contributed by atoms with Gasteiger partial charge in [0.25, 0.3) is 0 Å². The number of rotatable bonds is 2. The van der Waals surface area contributed by atoms with Crippen molar-refractivity contribution in [3.05, 3.63) is 0 Å². The van der Waals surface area contributed by atoms with Gasteiger partial charge in [-0.15, -0.1) is 5.06 Å². The summed E-state index contributed by atoms with van der Waals surface area (Å²) in [6.45, 7) is 0. The predicted molar refractivity (Wildman–Crippen MR) is 63.4 cm³/mol. The maximum absolute atomic E-state index is 11.3. The molecule has 0 aromatic carbocycles. The molecule has 0 aromatic rings. The monoisotopic (exact) mass is 258 g/mol. The maximum Gasteiger partial charge on any atom is 0.559 e. The Bertz CT molecular complexity index is 343. The van der Waals surface area contributed by atoms with Gasteiger partial charge in [0.15, 0.2) is 6.34 Å². The molecular weight excluding hydrogens is 244 g/mol. The Balaban J connectivity index is 2.09. The molecule has 2 aliphatic rings. The van der Waals surface area contributed by atoms with E-state index in [-0.39, 0.29) is 11.2 Å². The molecule has 0 bridgehead atoms. The van der Waals surface area contributed by atoms with E-state index in [2.05, 4.69) is 5.10 Å². The highest BCUT2D eigenvalue weighted by molar-refractivity contribution is 7.80. The van der Waals surface area contributed by atoms with E-state index >= 15 is 0 Å². The highest BCUT2D eigenvalue weighted by Gasteiger charge is 2.36. The molecule has 1 saturated heterocycles. The van der Waals surface area contributed by atoms with Crippen LogP contribution in [0.25, 0.3) is 0 Å². The fourth-order valence-electron chi connectivity index (χ4n) is 2.03. The fraction of sp³-hybridized carbons (Fsp3) is 0.667. The Morgan fingerprint density at radius 2 is 2.06 bits per heavy atom. The van der Waals surface area contributed by atoms with Gasteiger partial charge in [-0.1, -0.05) is 19.3 Å². The number of hydrogen-bond donors (Lipinski definition) is 1. The van der Waals surface area contributed by atoms with Crippen molar-refractivity contribution in [1.82, 2.24) is 10.1 Å². The first-order valence-electron chi connectivity index (χ1n) is 5.48. The van der Waals surface area contributed by atoms with Crippen LogP contribution in [0.5, 0.6) is 0 Å². The zero-order chi connectivity index (χ0) is 12.3. The largest absolute Gasteiger partial charge is 0.559 e. The lowest BCUT2D eigenvalue weighted by Gasteiger charge is -2.38. The first-order chi connectivity index (χ1) is 8.22. The molecule has 1 aliphatic heterocycles. The molecule has 0 unspecified atom stereocenters. The summed E-state index contributed by atoms with van der Waals surface area (Å²) in [5.74, 6) is 5.01. The number of carbonyl (C=O) groups is 1. The molecule has 0 atom stereocenters. The molecule has 0 amide bonds. The Morgan fingerprint density at radius 1 is 1.35 bits per heavy atom. The van der Waals surface area contributed by atoms with Crippen LogP contribution in [0.3, 0.4) is 0 Å². The van der Waals surface area contributed by atoms with Crippen molar-refractivity contribution in [3.63, 3.8) is 0 Å². The summed E-state index contributed by atoms with van der Waals surface area (Å²) in [6, 6.07) is 0.109. The first kappa shape index (κ1) is 11.9. The maximum atomic E-state index is 11.3. The summed E-state index contributed by atoms with van der Waals surface area (Å²) < 4.78 is 0. The second-order valence-electron chi connectivity index (χ2n) is 3.92. The van der Waals surface area contributed by atoms with Crippen LogP contribution in [0, 0.1) is 0 Å². The van der Waals surface area contributed by atoms with E-state index in [9.17, 15) is 4.79 Å². The van der Waals surface area contributed by atoms with Crippen LogP contribution in [-0.4, -0.2) is 33.8 Å². The van der Waals surface area contributed by atoms with Crippen molar-refractivity contribution in [2.24, 2.45) is 10.9 Å². The highest BCUT2D eigenvalue weighted by Crippen LogP contribution is 2.25. The normalized spacial score (nSPS) is 22.8. The van der Waals surface area contributed by atoms with Crippen LogP contribution in [0.4, 0.5) is 4.79 Å². The molecule has 0 radical (unpaired) electrons. The summed E-state index contributed by atoms with van der Waals surface area (Å²) in [5.41, 5.74) is 0. The smallest absolute Gasteiger partial charge is 0.322 e. The summed E-state index contributed by atoms with van der Waals surface area (Å²) in [4.78, 5) is 21.0. The van der Waals surface area contributed by atoms with E-state index in [1.54, 1.807) is 0 Å². The minimum Gasteiger partial charge on any atom is -0.322 e. The standard InChI is InChI=1S/C9H14N4O3S/c10-11-6-12-8(17)13(16-9(14)15-12)7-4-2-1-3-5-7/h6-7H,1-5,10H2/b11-6+. The summed E-state index contributed by atoms with van der Waals surface area (Å²) in [6.07, 6.45) is 5.61. The van der Waals surface area contributed by atoms with Crippen LogP contribution in [0.1, 0.15) is 32.1 Å². The van der Waals surface area contributed by atoms with Crippen molar-refractivity contribution < 1.29 is 14.5 Å². The number of nitrogens with two attached hydrogens (primary N) is 1. The van der Waals surface area contributed by atoms with Gasteiger partial charge < -0.3 is 10.7 Å². The van der Waals surface area contributed by atoms with E-state index in [4.69, 9.17) is 27.7 Å². The van der Waals surface area contributed by atoms with Crippen LogP contribution in [-0.2, 0) is 9.68 Å². The van der Waals surface area contributed by atoms with Gasteiger partial charge in [-0.3, -0.25) is 4.84 Å². The molecule has 2 fully saturated rings. The van der Waals surface area contributed by atoms with Gasteiger partial charge in [0.05, 0.1) is 6.04 Å². The predicted octanol–water partition coefficient (Wildman–Crippen LogP) is 1.11. The number of carbonyl (C=O) groups excluding carboxylic acids is 1. The molecule has 0 aromatic heterocycles. The van der Waals surface area contributed by atoms with Gasteiger partial charge in [-0.25, -0.2) is 0 Å². The van der Waals surface area contributed by atoms with Gasteiger partial charge in [-0.05, 0) is 25.1 Å². The third kappa shape index (κ3) is 2.57. The summed E-state index contributed by atoms with van der Waals surface area (Å²) in [7, 11) is 0. The quantitative estimate of drug-likeness (QED) is 0.261. The van der Waals surface area contributed by atoms with E-state index in [1.165, 1.54) is 11.5 Å². The molecule has 0 spiro atoms. The average molecular weight is 258 g/mol. The lowest BCUT2D eigenvalue weighted by Crippen LogP contribution is -2.54. The molecule has 2 N–H and O–H groups in total. The van der Waals surface area contributed by atoms with Crippen molar-refractivity contribution in [3.8, 4) is 0 Å². The van der Waals surface area contributed by atoms with Gasteiger partial charge in [0.1, 0.15) is 0 Å². The van der Waals surface area contributed by atoms with E-state index in [0.29, 0.717) is 0 Å². The van der Waals surface area contributed by atoms with Gasteiger partial charge in [0.2, 0.25) is 5.11 Å². The Labute approximate surface area is 104 Å². The Kier molecular flexibility index (Phi) is 3.62. The van der Waals surface area contributed by atoms with E-state index in [1.807, 2.05) is 0 Å². The highest BCUT2D eigenvalue weighted by atomic mass is 32.1. The van der Waals surface area contributed by atoms with Crippen LogP contribution in [0.15, 0.2) is 5.10 Å². The third-order valence-corrected chi connectivity index (χ3v) is 3.16. The molecule has 8 heteroatoms. The SMILES string of the molecule is N/N=C/N1OC(=O)ON(C2CCCCC2)C1=S. The summed E-state index contributed by atoms with van der Waals surface area (Å²) >= 11 is 5.15. The van der Waals surface area contributed by atoms with Crippen molar-refractivity contribution in [2.45, 2.75) is 38.1 Å². The second kappa shape index (κ2) is 5.17. The number of nitrogens with zero attached hydrogens (tertiary/aromatic N) is 3.